The molecule has 1 aromatic carbocycles. The van der Waals surface area contributed by atoms with E-state index in [0.717, 1.165) is 4.88 Å². The van der Waals surface area contributed by atoms with E-state index < -0.39 is 11.9 Å². The molecule has 1 amide bonds. The number of ether oxygens (including phenoxy) is 2. The Bertz CT molecular complexity index is 1140. The zero-order valence-electron chi connectivity index (χ0n) is 15.8. The summed E-state index contributed by atoms with van der Waals surface area (Å²) in [5, 5.41) is 3.00. The van der Waals surface area contributed by atoms with Crippen molar-refractivity contribution in [3.05, 3.63) is 65.3 Å². The van der Waals surface area contributed by atoms with Gasteiger partial charge in [-0.05, 0) is 25.1 Å². The molecule has 12 heteroatoms. The number of anilines is 1. The third-order valence-corrected chi connectivity index (χ3v) is 7.11. The number of hydrogen-bond acceptors (Lipinski definition) is 6. The molecular formula is C19H12Cl5NO5S. The topological polar surface area (TPSA) is 77.8 Å². The maximum atomic E-state index is 12.5. The van der Waals surface area contributed by atoms with Gasteiger partial charge in [0.2, 0.25) is 0 Å². The first-order valence-corrected chi connectivity index (χ1v) is 11.1. The molecule has 0 atom stereocenters. The number of benzene rings is 1. The van der Waals surface area contributed by atoms with E-state index >= 15 is 0 Å². The maximum absolute atomic E-state index is 12.5. The van der Waals surface area contributed by atoms with E-state index in [9.17, 15) is 9.59 Å². The Hall–Kier alpha value is -1.61. The molecule has 3 aromatic rings. The standard InChI is InChI=1S/C19H12Cl5NO5S/c1-7-5-9(19(27)28-2)18(31-7)25-17(26)10-4-3-8(30-10)6-29-16-14(23)12(21)11(20)13(22)15(16)24/h3-5H,6H2,1-2H3,(H,25,26). The van der Waals surface area contributed by atoms with Crippen LogP contribution < -0.4 is 10.1 Å². The molecule has 0 fully saturated rings. The fourth-order valence-electron chi connectivity index (χ4n) is 2.47. The SMILES string of the molecule is COC(=O)c1cc(C)sc1NC(=O)c1ccc(COc2c(Cl)c(Cl)c(Cl)c(Cl)c2Cl)o1. The molecule has 6 nitrogen and oxygen atoms in total. The predicted octanol–water partition coefficient (Wildman–Crippen LogP) is 7.53. The van der Waals surface area contributed by atoms with Gasteiger partial charge < -0.3 is 19.2 Å². The molecule has 0 unspecified atom stereocenters. The van der Waals surface area contributed by atoms with E-state index in [1.54, 1.807) is 13.0 Å². The van der Waals surface area contributed by atoms with Crippen LogP contribution in [0.4, 0.5) is 5.00 Å². The highest BCUT2D eigenvalue weighted by molar-refractivity contribution is 7.16. The number of esters is 1. The van der Waals surface area contributed by atoms with Crippen molar-refractivity contribution >= 4 is 86.2 Å². The fraction of sp³-hybridized carbons (Fsp3) is 0.158. The van der Waals surface area contributed by atoms with Gasteiger partial charge in [-0.25, -0.2) is 4.79 Å². The van der Waals surface area contributed by atoms with Gasteiger partial charge in [-0.2, -0.15) is 0 Å². The van der Waals surface area contributed by atoms with Crippen molar-refractivity contribution in [1.29, 1.82) is 0 Å². The van der Waals surface area contributed by atoms with Gasteiger partial charge in [0, 0.05) is 4.88 Å². The highest BCUT2D eigenvalue weighted by Crippen LogP contribution is 2.48. The van der Waals surface area contributed by atoms with E-state index in [4.69, 9.17) is 71.9 Å². The monoisotopic (exact) mass is 541 g/mol. The summed E-state index contributed by atoms with van der Waals surface area (Å²) in [5.41, 5.74) is 0.259. The van der Waals surface area contributed by atoms with Gasteiger partial charge in [0.05, 0.1) is 27.7 Å². The smallest absolute Gasteiger partial charge is 0.340 e. The molecule has 0 aliphatic rings. The number of carbonyl (C=O) groups is 2. The van der Waals surface area contributed by atoms with Gasteiger partial charge in [-0.1, -0.05) is 58.0 Å². The van der Waals surface area contributed by atoms with Gasteiger partial charge in [-0.3, -0.25) is 4.79 Å². The summed E-state index contributed by atoms with van der Waals surface area (Å²) in [7, 11) is 1.26. The molecule has 1 N–H and O–H groups in total. The molecule has 0 saturated heterocycles. The Balaban J connectivity index is 1.73. The first-order valence-electron chi connectivity index (χ1n) is 8.37. The molecule has 0 saturated carbocycles. The number of thiophene rings is 1. The van der Waals surface area contributed by atoms with Gasteiger partial charge in [0.25, 0.3) is 5.91 Å². The van der Waals surface area contributed by atoms with Crippen molar-refractivity contribution in [3.8, 4) is 5.75 Å². The van der Waals surface area contributed by atoms with Crippen molar-refractivity contribution < 1.29 is 23.5 Å². The Morgan fingerprint density at radius 1 is 1.03 bits per heavy atom. The lowest BCUT2D eigenvalue weighted by Crippen LogP contribution is -2.13. The summed E-state index contributed by atoms with van der Waals surface area (Å²) in [6, 6.07) is 4.62. The van der Waals surface area contributed by atoms with Crippen molar-refractivity contribution in [2.75, 3.05) is 12.4 Å². The summed E-state index contributed by atoms with van der Waals surface area (Å²) in [5.74, 6) is -0.768. The van der Waals surface area contributed by atoms with Gasteiger partial charge in [-0.15, -0.1) is 11.3 Å². The average molecular weight is 544 g/mol. The lowest BCUT2D eigenvalue weighted by Gasteiger charge is -2.12. The molecule has 2 aromatic heterocycles. The van der Waals surface area contributed by atoms with Crippen LogP contribution in [0.2, 0.25) is 25.1 Å². The van der Waals surface area contributed by atoms with Crippen LogP contribution in [0, 0.1) is 6.92 Å². The summed E-state index contributed by atoms with van der Waals surface area (Å²) in [6.07, 6.45) is 0. The average Bonchev–Trinajstić information content (AvgIpc) is 3.36. The van der Waals surface area contributed by atoms with Crippen LogP contribution in [-0.4, -0.2) is 19.0 Å². The molecule has 164 valence electrons. The van der Waals surface area contributed by atoms with Gasteiger partial charge in [0.1, 0.15) is 27.4 Å². The number of hydrogen-bond donors (Lipinski definition) is 1. The minimum absolute atomic E-state index is 0.0000958. The number of methoxy groups -OCH3 is 1. The number of carbonyl (C=O) groups excluding carboxylic acids is 2. The van der Waals surface area contributed by atoms with Crippen LogP contribution in [0.25, 0.3) is 0 Å². The minimum Gasteiger partial charge on any atom is -0.482 e. The molecular weight excluding hydrogens is 532 g/mol. The second-order valence-corrected chi connectivity index (χ2v) is 9.15. The van der Waals surface area contributed by atoms with Crippen LogP contribution >= 0.6 is 69.3 Å². The lowest BCUT2D eigenvalue weighted by molar-refractivity contribution is 0.0602. The molecule has 31 heavy (non-hydrogen) atoms. The number of furan rings is 1. The number of halogens is 5. The largest absolute Gasteiger partial charge is 0.482 e. The number of aryl methyl sites for hydroxylation is 1. The first-order chi connectivity index (χ1) is 14.6. The van der Waals surface area contributed by atoms with E-state index in [2.05, 4.69) is 5.32 Å². The predicted molar refractivity (Wildman–Crippen MR) is 123 cm³/mol. The number of amides is 1. The second-order valence-electron chi connectivity index (χ2n) is 6.00. The van der Waals surface area contributed by atoms with E-state index in [1.165, 1.54) is 30.6 Å². The zero-order valence-corrected chi connectivity index (χ0v) is 20.4. The van der Waals surface area contributed by atoms with Gasteiger partial charge in [0.15, 0.2) is 11.5 Å². The fourth-order valence-corrected chi connectivity index (χ4v) is 4.59. The van der Waals surface area contributed by atoms with Crippen LogP contribution in [-0.2, 0) is 11.3 Å². The van der Waals surface area contributed by atoms with Crippen molar-refractivity contribution in [1.82, 2.24) is 0 Å². The van der Waals surface area contributed by atoms with Crippen LogP contribution in [0.15, 0.2) is 22.6 Å². The molecule has 2 heterocycles. The molecule has 0 spiro atoms. The normalized spacial score (nSPS) is 10.8. The van der Waals surface area contributed by atoms with E-state index in [1.807, 2.05) is 0 Å². The molecule has 0 aliphatic heterocycles. The highest BCUT2D eigenvalue weighted by atomic mass is 35.5. The summed E-state index contributed by atoms with van der Waals surface area (Å²) >= 11 is 31.5. The molecule has 0 radical (unpaired) electrons. The van der Waals surface area contributed by atoms with Crippen LogP contribution in [0.5, 0.6) is 5.75 Å². The third kappa shape index (κ3) is 5.08. The minimum atomic E-state index is -0.553. The Morgan fingerprint density at radius 2 is 1.65 bits per heavy atom. The Morgan fingerprint density at radius 3 is 2.26 bits per heavy atom. The van der Waals surface area contributed by atoms with Gasteiger partial charge >= 0.3 is 5.97 Å². The Labute approximate surface area is 205 Å². The Kier molecular flexibility index (Phi) is 7.68. The second kappa shape index (κ2) is 9.90. The van der Waals surface area contributed by atoms with E-state index in [-0.39, 0.29) is 48.8 Å². The lowest BCUT2D eigenvalue weighted by atomic mass is 10.3. The highest BCUT2D eigenvalue weighted by Gasteiger charge is 2.22. The van der Waals surface area contributed by atoms with E-state index in [0.29, 0.717) is 10.8 Å². The quantitative estimate of drug-likeness (QED) is 0.197. The zero-order chi connectivity index (χ0) is 22.9. The maximum Gasteiger partial charge on any atom is 0.340 e. The third-order valence-electron chi connectivity index (χ3n) is 3.90. The van der Waals surface area contributed by atoms with Crippen molar-refractivity contribution in [2.24, 2.45) is 0 Å². The number of nitrogens with one attached hydrogen (secondary N) is 1. The van der Waals surface area contributed by atoms with Crippen molar-refractivity contribution in [2.45, 2.75) is 13.5 Å². The molecule has 0 aliphatic carbocycles. The first kappa shape index (κ1) is 24.0. The van der Waals surface area contributed by atoms with Crippen LogP contribution in [0.3, 0.4) is 0 Å². The summed E-state index contributed by atoms with van der Waals surface area (Å²) in [4.78, 5) is 25.2. The molecule has 0 bridgehead atoms. The van der Waals surface area contributed by atoms with Crippen LogP contribution in [0.1, 0.15) is 31.6 Å². The van der Waals surface area contributed by atoms with Crippen molar-refractivity contribution in [3.63, 3.8) is 0 Å². The number of rotatable bonds is 6. The molecule has 3 rings (SSSR count). The summed E-state index contributed by atoms with van der Waals surface area (Å²) < 4.78 is 15.8. The summed E-state index contributed by atoms with van der Waals surface area (Å²) in [6.45, 7) is 1.69.